The summed E-state index contributed by atoms with van der Waals surface area (Å²) in [6, 6.07) is 0. The van der Waals surface area contributed by atoms with Crippen molar-refractivity contribution >= 4 is 5.97 Å². The lowest BCUT2D eigenvalue weighted by Gasteiger charge is -2.39. The van der Waals surface area contributed by atoms with Gasteiger partial charge in [-0.15, -0.1) is 0 Å². The molecular formula is C46H80O9. The summed E-state index contributed by atoms with van der Waals surface area (Å²) in [5, 5.41) is 39.9. The lowest BCUT2D eigenvalue weighted by Crippen LogP contribution is -2.59. The molecule has 1 aliphatic heterocycles. The Morgan fingerprint density at radius 2 is 1.11 bits per heavy atom. The fraction of sp³-hybridized carbons (Fsp3) is 0.761. The number of aliphatic hydroxyl groups excluding tert-OH is 4. The molecule has 4 N–H and O–H groups in total. The SMILES string of the molecule is CC/C=C\C/C=C\C/C=C\C/C=C\C/C=C\CCCCCCCCCCCC(=O)OC(COCCCCCCCCC)COC1OC(CO)C(O)C(O)C1O. The fourth-order valence-electron chi connectivity index (χ4n) is 6.28. The van der Waals surface area contributed by atoms with Crippen molar-refractivity contribution in [3.8, 4) is 0 Å². The summed E-state index contributed by atoms with van der Waals surface area (Å²) in [5.74, 6) is -0.325. The molecule has 9 nitrogen and oxygen atoms in total. The van der Waals surface area contributed by atoms with Gasteiger partial charge in [0.05, 0.1) is 19.8 Å². The van der Waals surface area contributed by atoms with Crippen LogP contribution in [0, 0.1) is 0 Å². The van der Waals surface area contributed by atoms with Crippen molar-refractivity contribution in [1.29, 1.82) is 0 Å². The number of carbonyl (C=O) groups is 1. The van der Waals surface area contributed by atoms with Gasteiger partial charge in [-0.1, -0.05) is 158 Å². The van der Waals surface area contributed by atoms with Crippen molar-refractivity contribution in [1.82, 2.24) is 0 Å². The maximum Gasteiger partial charge on any atom is 0.306 e. The quantitative estimate of drug-likeness (QED) is 0.0279. The summed E-state index contributed by atoms with van der Waals surface area (Å²) < 4.78 is 22.7. The van der Waals surface area contributed by atoms with E-state index in [9.17, 15) is 25.2 Å². The minimum absolute atomic E-state index is 0.117. The maximum absolute atomic E-state index is 12.7. The summed E-state index contributed by atoms with van der Waals surface area (Å²) in [4.78, 5) is 12.7. The molecule has 0 bridgehead atoms. The molecule has 0 aliphatic carbocycles. The van der Waals surface area contributed by atoms with Crippen LogP contribution in [0.15, 0.2) is 60.8 Å². The van der Waals surface area contributed by atoms with Crippen LogP contribution in [0.1, 0.15) is 162 Å². The van der Waals surface area contributed by atoms with Gasteiger partial charge in [-0.2, -0.15) is 0 Å². The number of hydrogen-bond donors (Lipinski definition) is 4. The van der Waals surface area contributed by atoms with Gasteiger partial charge in [0, 0.05) is 13.0 Å². The normalized spacial score (nSPS) is 21.3. The van der Waals surface area contributed by atoms with E-state index in [1.807, 2.05) is 0 Å². The summed E-state index contributed by atoms with van der Waals surface area (Å²) >= 11 is 0. The van der Waals surface area contributed by atoms with Crippen LogP contribution in [0.25, 0.3) is 0 Å². The van der Waals surface area contributed by atoms with Crippen LogP contribution in [0.4, 0.5) is 0 Å². The van der Waals surface area contributed by atoms with Crippen LogP contribution in [0.5, 0.6) is 0 Å². The Kier molecular flexibility index (Phi) is 34.7. The highest BCUT2D eigenvalue weighted by atomic mass is 16.7. The predicted molar refractivity (Wildman–Crippen MR) is 224 cm³/mol. The number of esters is 1. The molecule has 6 unspecified atom stereocenters. The monoisotopic (exact) mass is 777 g/mol. The first-order valence-corrected chi connectivity index (χ1v) is 21.9. The van der Waals surface area contributed by atoms with Crippen LogP contribution in [0.3, 0.4) is 0 Å². The number of allylic oxidation sites excluding steroid dienone is 10. The number of rotatable bonds is 36. The first kappa shape index (κ1) is 50.9. The largest absolute Gasteiger partial charge is 0.457 e. The molecule has 0 aromatic rings. The molecule has 0 spiro atoms. The van der Waals surface area contributed by atoms with Gasteiger partial charge in [0.15, 0.2) is 6.29 Å². The molecule has 1 heterocycles. The Hall–Kier alpha value is -2.11. The highest BCUT2D eigenvalue weighted by Gasteiger charge is 2.44. The molecule has 0 radical (unpaired) electrons. The molecule has 55 heavy (non-hydrogen) atoms. The Bertz CT molecular complexity index is 1020. The lowest BCUT2D eigenvalue weighted by atomic mass is 9.99. The van der Waals surface area contributed by atoms with Gasteiger partial charge in [0.1, 0.15) is 30.5 Å². The zero-order valence-corrected chi connectivity index (χ0v) is 34.7. The summed E-state index contributed by atoms with van der Waals surface area (Å²) in [7, 11) is 0. The second-order valence-corrected chi connectivity index (χ2v) is 14.8. The van der Waals surface area contributed by atoms with Crippen molar-refractivity contribution in [3.05, 3.63) is 60.8 Å². The van der Waals surface area contributed by atoms with E-state index in [1.54, 1.807) is 0 Å². The molecule has 0 amide bonds. The molecular weight excluding hydrogens is 696 g/mol. The van der Waals surface area contributed by atoms with Gasteiger partial charge in [-0.25, -0.2) is 0 Å². The molecule has 318 valence electrons. The topological polar surface area (TPSA) is 135 Å². The number of carbonyl (C=O) groups excluding carboxylic acids is 1. The Morgan fingerprint density at radius 1 is 0.600 bits per heavy atom. The van der Waals surface area contributed by atoms with Crippen molar-refractivity contribution in [2.75, 3.05) is 26.4 Å². The van der Waals surface area contributed by atoms with E-state index in [0.717, 1.165) is 70.6 Å². The Morgan fingerprint density at radius 3 is 1.67 bits per heavy atom. The first-order chi connectivity index (χ1) is 26.9. The van der Waals surface area contributed by atoms with Crippen LogP contribution < -0.4 is 0 Å². The van der Waals surface area contributed by atoms with Crippen molar-refractivity contribution in [3.63, 3.8) is 0 Å². The van der Waals surface area contributed by atoms with Gasteiger partial charge in [0.25, 0.3) is 0 Å². The molecule has 1 fully saturated rings. The summed E-state index contributed by atoms with van der Waals surface area (Å²) in [5.41, 5.74) is 0. The zero-order valence-electron chi connectivity index (χ0n) is 34.7. The molecule has 1 aliphatic rings. The van der Waals surface area contributed by atoms with Gasteiger partial charge in [0.2, 0.25) is 0 Å². The van der Waals surface area contributed by atoms with E-state index < -0.39 is 43.4 Å². The minimum Gasteiger partial charge on any atom is -0.457 e. The van der Waals surface area contributed by atoms with E-state index in [4.69, 9.17) is 18.9 Å². The van der Waals surface area contributed by atoms with Crippen molar-refractivity contribution < 1.29 is 44.2 Å². The van der Waals surface area contributed by atoms with Gasteiger partial charge < -0.3 is 39.4 Å². The van der Waals surface area contributed by atoms with E-state index >= 15 is 0 Å². The molecule has 0 aromatic heterocycles. The number of unbranched alkanes of at least 4 members (excludes halogenated alkanes) is 15. The molecule has 6 atom stereocenters. The third-order valence-corrected chi connectivity index (χ3v) is 9.70. The molecule has 0 aromatic carbocycles. The second kappa shape index (κ2) is 37.5. The van der Waals surface area contributed by atoms with E-state index in [0.29, 0.717) is 13.0 Å². The highest BCUT2D eigenvalue weighted by molar-refractivity contribution is 5.69. The predicted octanol–water partition coefficient (Wildman–Crippen LogP) is 9.52. The Balaban J connectivity index is 2.17. The van der Waals surface area contributed by atoms with E-state index in [2.05, 4.69) is 74.6 Å². The maximum atomic E-state index is 12.7. The first-order valence-electron chi connectivity index (χ1n) is 21.9. The van der Waals surface area contributed by atoms with Crippen LogP contribution in [-0.2, 0) is 23.7 Å². The molecule has 1 saturated heterocycles. The van der Waals surface area contributed by atoms with Gasteiger partial charge in [-0.3, -0.25) is 4.79 Å². The van der Waals surface area contributed by atoms with E-state index in [-0.39, 0.29) is 19.2 Å². The average molecular weight is 777 g/mol. The number of aliphatic hydroxyl groups is 4. The Labute approximate surface area is 335 Å². The fourth-order valence-corrected chi connectivity index (χ4v) is 6.28. The van der Waals surface area contributed by atoms with Crippen molar-refractivity contribution in [2.24, 2.45) is 0 Å². The highest BCUT2D eigenvalue weighted by Crippen LogP contribution is 2.22. The number of ether oxygens (including phenoxy) is 4. The lowest BCUT2D eigenvalue weighted by molar-refractivity contribution is -0.305. The van der Waals surface area contributed by atoms with Crippen molar-refractivity contribution in [2.45, 2.75) is 198 Å². The van der Waals surface area contributed by atoms with Gasteiger partial charge in [-0.05, 0) is 57.8 Å². The standard InChI is InChI=1S/C46H80O9/c1-3-5-7-9-11-12-13-14-15-16-17-18-19-20-21-22-23-24-25-26-27-28-29-31-33-35-42(48)54-40(38-52-36-34-32-30-10-8-6-4-2)39-53-46-45(51)44(50)43(49)41(37-47)55-46/h5,7,11-12,14-15,17-18,20-21,40-41,43-47,49-51H,3-4,6,8-10,13,16,19,22-39H2,1-2H3/b7-5-,12-11-,15-14-,18-17-,21-20-. The molecule has 1 rings (SSSR count). The van der Waals surface area contributed by atoms with Gasteiger partial charge >= 0.3 is 5.97 Å². The average Bonchev–Trinajstić information content (AvgIpc) is 3.18. The smallest absolute Gasteiger partial charge is 0.306 e. The zero-order chi connectivity index (χ0) is 40.0. The third kappa shape index (κ3) is 28.9. The van der Waals surface area contributed by atoms with E-state index in [1.165, 1.54) is 70.6 Å². The number of hydrogen-bond acceptors (Lipinski definition) is 9. The third-order valence-electron chi connectivity index (χ3n) is 9.70. The molecule has 0 saturated carbocycles. The second-order valence-electron chi connectivity index (χ2n) is 14.8. The summed E-state index contributed by atoms with van der Waals surface area (Å²) in [6.45, 7) is 4.39. The summed E-state index contributed by atoms with van der Waals surface area (Å²) in [6.07, 6.45) is 39.8. The van der Waals surface area contributed by atoms with Crippen LogP contribution in [-0.4, -0.2) is 89.6 Å². The van der Waals surface area contributed by atoms with Crippen LogP contribution in [0.2, 0.25) is 0 Å². The van der Waals surface area contributed by atoms with Crippen LogP contribution >= 0.6 is 0 Å². The minimum atomic E-state index is -1.54. The molecule has 9 heteroatoms.